The van der Waals surface area contributed by atoms with Crippen LogP contribution in [0.4, 0.5) is 0 Å². The first-order valence-electron chi connectivity index (χ1n) is 18.9. The third-order valence-corrected chi connectivity index (χ3v) is 11.4. The Labute approximate surface area is 360 Å². The summed E-state index contributed by atoms with van der Waals surface area (Å²) in [6.07, 6.45) is 6.69. The van der Waals surface area contributed by atoms with Crippen molar-refractivity contribution in [1.82, 2.24) is 0 Å². The Morgan fingerprint density at radius 1 is 0.500 bits per heavy atom. The van der Waals surface area contributed by atoms with E-state index in [9.17, 15) is 0 Å². The van der Waals surface area contributed by atoms with Gasteiger partial charge in [0, 0.05) is 0 Å². The predicted octanol–water partition coefficient (Wildman–Crippen LogP) is 7.53. The van der Waals surface area contributed by atoms with Crippen molar-refractivity contribution in [3.05, 3.63) is 239 Å². The Kier molecular flexibility index (Phi) is 15.8. The van der Waals surface area contributed by atoms with Gasteiger partial charge in [-0.2, -0.15) is 11.6 Å². The van der Waals surface area contributed by atoms with Crippen molar-refractivity contribution in [2.45, 2.75) is 33.1 Å². The van der Waals surface area contributed by atoms with Crippen LogP contribution in [-0.4, -0.2) is 3.21 Å². The summed E-state index contributed by atoms with van der Waals surface area (Å²) in [5.41, 5.74) is 13.2. The first-order chi connectivity index (χ1) is 26.6. The van der Waals surface area contributed by atoms with Gasteiger partial charge >= 0.3 is 99.2 Å². The van der Waals surface area contributed by atoms with E-state index in [2.05, 4.69) is 214 Å². The molecule has 8 aromatic carbocycles. The molecular formula is C53H44Cl2Zr-2. The normalized spacial score (nSPS) is 11.7. The van der Waals surface area contributed by atoms with Gasteiger partial charge in [-0.25, -0.2) is 0 Å². The zero-order chi connectivity index (χ0) is 37.1. The zero-order valence-corrected chi connectivity index (χ0v) is 35.8. The number of hydrogen-bond donors (Lipinski definition) is 0. The van der Waals surface area contributed by atoms with Crippen LogP contribution in [0, 0.1) is 6.08 Å². The first kappa shape index (κ1) is 42.4. The molecule has 0 nitrogen and oxygen atoms in total. The van der Waals surface area contributed by atoms with Gasteiger partial charge in [0.25, 0.3) is 0 Å². The number of hydrogen-bond acceptors (Lipinski definition) is 0. The topological polar surface area (TPSA) is 0 Å². The number of aryl methyl sites for hydroxylation is 2. The second kappa shape index (κ2) is 20.9. The second-order valence-electron chi connectivity index (χ2n) is 13.5. The maximum atomic E-state index is 3.61. The van der Waals surface area contributed by atoms with Crippen LogP contribution in [0.25, 0.3) is 38.3 Å². The van der Waals surface area contributed by atoms with Crippen molar-refractivity contribution < 1.29 is 49.0 Å². The summed E-state index contributed by atoms with van der Waals surface area (Å²) in [6, 6.07) is 69.0. The van der Waals surface area contributed by atoms with Gasteiger partial charge in [-0.3, -0.25) is 0 Å². The Morgan fingerprint density at radius 2 is 0.893 bits per heavy atom. The third kappa shape index (κ3) is 10.1. The molecule has 0 amide bonds. The molecule has 0 saturated carbocycles. The van der Waals surface area contributed by atoms with Gasteiger partial charge in [-0.1, -0.05) is 146 Å². The van der Waals surface area contributed by atoms with E-state index in [-0.39, 0.29) is 24.8 Å². The summed E-state index contributed by atoms with van der Waals surface area (Å²) >= 11 is 1.46. The molecule has 0 saturated heterocycles. The molecule has 56 heavy (non-hydrogen) atoms. The summed E-state index contributed by atoms with van der Waals surface area (Å²) in [6.45, 7) is 4.41. The number of allylic oxidation sites excluding steroid dienone is 4. The second-order valence-corrected chi connectivity index (χ2v) is 14.7. The quantitative estimate of drug-likeness (QED) is 0.146. The predicted molar refractivity (Wildman–Crippen MR) is 229 cm³/mol. The minimum atomic E-state index is 0. The van der Waals surface area contributed by atoms with Crippen LogP contribution in [0.3, 0.4) is 0 Å². The van der Waals surface area contributed by atoms with E-state index in [1.165, 1.54) is 105 Å². The van der Waals surface area contributed by atoms with Crippen molar-refractivity contribution in [3.8, 4) is 0 Å². The van der Waals surface area contributed by atoms with E-state index in [1.807, 2.05) is 0 Å². The molecule has 0 unspecified atom stereocenters. The fraction of sp³-hybridized carbons (Fsp3) is 0.0943. The monoisotopic (exact) mass is 840 g/mol. The van der Waals surface area contributed by atoms with Gasteiger partial charge in [-0.15, -0.1) is 63.0 Å². The molecule has 3 heteroatoms. The molecule has 0 spiro atoms. The summed E-state index contributed by atoms with van der Waals surface area (Å²) in [5.74, 6) is 0. The van der Waals surface area contributed by atoms with Crippen LogP contribution in [0.15, 0.2) is 194 Å². The van der Waals surface area contributed by atoms with Gasteiger partial charge in [0.1, 0.15) is 0 Å². The number of halogens is 2. The maximum absolute atomic E-state index is 3.61. The first-order valence-corrected chi connectivity index (χ1v) is 20.2. The number of benzene rings is 7. The standard InChI is InChI=1S/C23H17.C17H17.C13H10.2ClH.Zr/c1-4-10-18(11-5-1)21-16-17-22(19-12-6-2-7-13-19)23(21)20-14-8-3-9-15-20;1-3-12-5-7-16-14(9-12)11-15-10-13(4-2)6-8-17(15)16;1-3-7-12(8-4-1)11-13-9-5-2-6-10-13;;;/h1-15H,16H2;5-11H,3-4H2,1-2H3;1-10H;2*1H;/q2*-1;;;;+2/p-2. The molecule has 1 aliphatic rings. The molecule has 1 aliphatic carbocycles. The SMILES string of the molecule is CCc1ccc2c(c1)[cH-]c1cc(CC)ccc12.[C-]1=C(c2ccccc2)C(c2ccccc2)=C(c2ccccc2)C1.[Cl-].[Cl-].[Zr+2]=[C](c1ccccc1)c1ccccc1. The van der Waals surface area contributed by atoms with Crippen LogP contribution in [0.5, 0.6) is 0 Å². The Balaban J connectivity index is 0.000000163. The molecule has 0 aliphatic heterocycles. The fourth-order valence-corrected chi connectivity index (χ4v) is 7.92. The van der Waals surface area contributed by atoms with E-state index in [0.717, 1.165) is 19.3 Å². The van der Waals surface area contributed by atoms with E-state index in [4.69, 9.17) is 0 Å². The zero-order valence-electron chi connectivity index (χ0n) is 31.9. The van der Waals surface area contributed by atoms with Gasteiger partial charge in [-0.05, 0) is 18.4 Å². The molecule has 0 aromatic heterocycles. The summed E-state index contributed by atoms with van der Waals surface area (Å²) < 4.78 is 1.42. The Bertz CT molecular complexity index is 2420. The average Bonchev–Trinajstić information content (AvgIpc) is 3.87. The van der Waals surface area contributed by atoms with Gasteiger partial charge in [0.05, 0.1) is 0 Å². The van der Waals surface area contributed by atoms with Crippen LogP contribution < -0.4 is 24.8 Å². The van der Waals surface area contributed by atoms with Crippen molar-refractivity contribution in [2.75, 3.05) is 0 Å². The summed E-state index contributed by atoms with van der Waals surface area (Å²) in [5, 5.41) is 5.54. The van der Waals surface area contributed by atoms with Crippen molar-refractivity contribution in [3.63, 3.8) is 0 Å². The Hall–Kier alpha value is -4.78. The molecule has 9 rings (SSSR count). The molecule has 8 aromatic rings. The van der Waals surface area contributed by atoms with Crippen molar-refractivity contribution in [2.24, 2.45) is 0 Å². The Morgan fingerprint density at radius 3 is 1.32 bits per heavy atom. The summed E-state index contributed by atoms with van der Waals surface area (Å²) in [4.78, 5) is 0. The van der Waals surface area contributed by atoms with E-state index < -0.39 is 0 Å². The number of rotatable bonds is 7. The minimum absolute atomic E-state index is 0. The molecule has 0 N–H and O–H groups in total. The van der Waals surface area contributed by atoms with E-state index >= 15 is 0 Å². The summed E-state index contributed by atoms with van der Waals surface area (Å²) in [7, 11) is 0. The van der Waals surface area contributed by atoms with Crippen molar-refractivity contribution >= 4 is 41.5 Å². The van der Waals surface area contributed by atoms with Crippen LogP contribution in [-0.2, 0) is 37.1 Å². The molecule has 276 valence electrons. The van der Waals surface area contributed by atoms with Gasteiger partial charge < -0.3 is 24.8 Å². The van der Waals surface area contributed by atoms with Crippen LogP contribution >= 0.6 is 0 Å². The fourth-order valence-electron chi connectivity index (χ4n) is 7.10. The van der Waals surface area contributed by atoms with Crippen LogP contribution in [0.2, 0.25) is 0 Å². The van der Waals surface area contributed by atoms with Gasteiger partial charge in [0.15, 0.2) is 0 Å². The van der Waals surface area contributed by atoms with Crippen molar-refractivity contribution in [1.29, 1.82) is 0 Å². The molecular weight excluding hydrogens is 799 g/mol. The van der Waals surface area contributed by atoms with E-state index in [0.29, 0.717) is 0 Å². The average molecular weight is 843 g/mol. The molecule has 0 bridgehead atoms. The van der Waals surface area contributed by atoms with Crippen LogP contribution in [0.1, 0.15) is 59.2 Å². The number of fused-ring (bicyclic) bond motifs is 3. The van der Waals surface area contributed by atoms with E-state index in [1.54, 1.807) is 0 Å². The molecule has 0 radical (unpaired) electrons. The third-order valence-electron chi connectivity index (χ3n) is 10.0. The molecule has 0 heterocycles. The molecule has 0 fully saturated rings. The molecule has 0 atom stereocenters. The van der Waals surface area contributed by atoms with Gasteiger partial charge in [0.2, 0.25) is 0 Å².